The molecule has 0 unspecified atom stereocenters. The fourth-order valence-corrected chi connectivity index (χ4v) is 1.91. The minimum atomic E-state index is -0.776. The van der Waals surface area contributed by atoms with Crippen molar-refractivity contribution in [2.45, 2.75) is 47.0 Å². The second kappa shape index (κ2) is 5.16. The fraction of sp³-hybridized carbons (Fsp3) is 0.846. The maximum absolute atomic E-state index is 12.2. The standard InChI is InChI=1S/C13H25N3O2/c1-9(2)12(3,4)8-15-11(17)13(6-5-7-13)10(14)16-18/h9,18H,5-8H2,1-4H3,(H2,14,16)(H,15,17). The highest BCUT2D eigenvalue weighted by molar-refractivity contribution is 6.07. The van der Waals surface area contributed by atoms with Crippen LogP contribution in [0.5, 0.6) is 0 Å². The highest BCUT2D eigenvalue weighted by Gasteiger charge is 2.48. The van der Waals surface area contributed by atoms with E-state index in [0.29, 0.717) is 25.3 Å². The Kier molecular flexibility index (Phi) is 4.24. The summed E-state index contributed by atoms with van der Waals surface area (Å²) in [7, 11) is 0. The summed E-state index contributed by atoms with van der Waals surface area (Å²) in [4.78, 5) is 12.2. The van der Waals surface area contributed by atoms with E-state index in [9.17, 15) is 4.79 Å². The quantitative estimate of drug-likeness (QED) is 0.302. The number of rotatable bonds is 5. The minimum absolute atomic E-state index is 0.0334. The molecule has 18 heavy (non-hydrogen) atoms. The van der Waals surface area contributed by atoms with Crippen LogP contribution in [0, 0.1) is 16.7 Å². The van der Waals surface area contributed by atoms with Crippen LogP contribution in [0.3, 0.4) is 0 Å². The maximum atomic E-state index is 12.2. The van der Waals surface area contributed by atoms with Crippen molar-refractivity contribution in [2.24, 2.45) is 27.6 Å². The van der Waals surface area contributed by atoms with Gasteiger partial charge in [0.05, 0.1) is 0 Å². The van der Waals surface area contributed by atoms with Gasteiger partial charge in [0.25, 0.3) is 0 Å². The number of nitrogens with one attached hydrogen (secondary N) is 1. The Morgan fingerprint density at radius 3 is 2.39 bits per heavy atom. The molecule has 0 aromatic heterocycles. The highest BCUT2D eigenvalue weighted by atomic mass is 16.4. The fourth-order valence-electron chi connectivity index (χ4n) is 1.91. The number of amidine groups is 1. The lowest BCUT2D eigenvalue weighted by molar-refractivity contribution is -0.131. The van der Waals surface area contributed by atoms with Gasteiger partial charge in [0.2, 0.25) is 5.91 Å². The topological polar surface area (TPSA) is 87.7 Å². The van der Waals surface area contributed by atoms with Crippen molar-refractivity contribution in [3.63, 3.8) is 0 Å². The Labute approximate surface area is 109 Å². The number of hydrogen-bond donors (Lipinski definition) is 3. The number of carbonyl (C=O) groups excluding carboxylic acids is 1. The molecule has 0 aromatic rings. The number of nitrogens with zero attached hydrogens (tertiary/aromatic N) is 1. The average molecular weight is 255 g/mol. The summed E-state index contributed by atoms with van der Waals surface area (Å²) < 4.78 is 0. The molecule has 0 spiro atoms. The molecule has 1 aliphatic rings. The van der Waals surface area contributed by atoms with Crippen LogP contribution in [0.25, 0.3) is 0 Å². The van der Waals surface area contributed by atoms with E-state index in [2.05, 4.69) is 38.2 Å². The van der Waals surface area contributed by atoms with E-state index in [1.54, 1.807) is 0 Å². The summed E-state index contributed by atoms with van der Waals surface area (Å²) in [6.45, 7) is 9.11. The average Bonchev–Trinajstić information content (AvgIpc) is 2.24. The van der Waals surface area contributed by atoms with Crippen LogP contribution in [-0.2, 0) is 4.79 Å². The van der Waals surface area contributed by atoms with Crippen LogP contribution < -0.4 is 11.1 Å². The van der Waals surface area contributed by atoms with Crippen LogP contribution >= 0.6 is 0 Å². The van der Waals surface area contributed by atoms with Gasteiger partial charge in [0, 0.05) is 6.54 Å². The van der Waals surface area contributed by atoms with Crippen LogP contribution in [0.4, 0.5) is 0 Å². The Hall–Kier alpha value is -1.26. The van der Waals surface area contributed by atoms with Gasteiger partial charge in [0.15, 0.2) is 5.84 Å². The lowest BCUT2D eigenvalue weighted by Gasteiger charge is -2.40. The Balaban J connectivity index is 2.66. The van der Waals surface area contributed by atoms with E-state index in [1.807, 2.05) is 0 Å². The van der Waals surface area contributed by atoms with Crippen LogP contribution in [0.1, 0.15) is 47.0 Å². The third-order valence-corrected chi connectivity index (χ3v) is 4.51. The molecule has 1 amide bonds. The van der Waals surface area contributed by atoms with Gasteiger partial charge in [-0.1, -0.05) is 39.3 Å². The molecule has 4 N–H and O–H groups in total. The molecule has 104 valence electrons. The molecule has 5 heteroatoms. The summed E-state index contributed by atoms with van der Waals surface area (Å²) in [5.74, 6) is 0.394. The van der Waals surface area contributed by atoms with E-state index in [-0.39, 0.29) is 17.2 Å². The Bertz CT molecular complexity index is 344. The number of carbonyl (C=O) groups is 1. The number of nitrogens with two attached hydrogens (primary N) is 1. The predicted molar refractivity (Wildman–Crippen MR) is 71.3 cm³/mol. The first-order chi connectivity index (χ1) is 8.26. The monoisotopic (exact) mass is 255 g/mol. The number of oxime groups is 1. The van der Waals surface area contributed by atoms with E-state index >= 15 is 0 Å². The second-order valence-corrected chi connectivity index (χ2v) is 6.25. The van der Waals surface area contributed by atoms with Gasteiger partial charge in [-0.25, -0.2) is 0 Å². The second-order valence-electron chi connectivity index (χ2n) is 6.25. The zero-order chi connectivity index (χ0) is 14.0. The molecule has 0 aliphatic heterocycles. The van der Waals surface area contributed by atoms with Crippen molar-refractivity contribution >= 4 is 11.7 Å². The summed E-state index contributed by atoms with van der Waals surface area (Å²) in [5, 5.41) is 14.8. The van der Waals surface area contributed by atoms with E-state index in [0.717, 1.165) is 6.42 Å². The largest absolute Gasteiger partial charge is 0.409 e. The molecule has 1 aliphatic carbocycles. The van der Waals surface area contributed by atoms with Crippen LogP contribution in [-0.4, -0.2) is 23.5 Å². The molecule has 0 aromatic carbocycles. The molecular formula is C13H25N3O2. The first-order valence-corrected chi connectivity index (χ1v) is 6.52. The van der Waals surface area contributed by atoms with Gasteiger partial charge in [-0.3, -0.25) is 4.79 Å². The van der Waals surface area contributed by atoms with E-state index in [1.165, 1.54) is 0 Å². The van der Waals surface area contributed by atoms with Crippen molar-refractivity contribution in [3.8, 4) is 0 Å². The Morgan fingerprint density at radius 1 is 1.50 bits per heavy atom. The molecule has 5 nitrogen and oxygen atoms in total. The third kappa shape index (κ3) is 2.60. The third-order valence-electron chi connectivity index (χ3n) is 4.51. The zero-order valence-electron chi connectivity index (χ0n) is 11.8. The SMILES string of the molecule is CC(C)C(C)(C)CNC(=O)C1(C(N)=NO)CCC1. The predicted octanol–water partition coefficient (Wildman–Crippen LogP) is 1.70. The smallest absolute Gasteiger partial charge is 0.233 e. The highest BCUT2D eigenvalue weighted by Crippen LogP contribution is 2.41. The molecule has 0 saturated heterocycles. The first kappa shape index (κ1) is 14.8. The summed E-state index contributed by atoms with van der Waals surface area (Å²) in [6.07, 6.45) is 2.27. The lowest BCUT2D eigenvalue weighted by Crippen LogP contribution is -2.55. The van der Waals surface area contributed by atoms with Crippen molar-refractivity contribution in [1.29, 1.82) is 0 Å². The van der Waals surface area contributed by atoms with E-state index < -0.39 is 5.41 Å². The van der Waals surface area contributed by atoms with Gasteiger partial charge in [-0.2, -0.15) is 0 Å². The van der Waals surface area contributed by atoms with Crippen molar-refractivity contribution in [1.82, 2.24) is 5.32 Å². The maximum Gasteiger partial charge on any atom is 0.233 e. The molecule has 0 heterocycles. The Morgan fingerprint density at radius 2 is 2.06 bits per heavy atom. The summed E-state index contributed by atoms with van der Waals surface area (Å²) >= 11 is 0. The van der Waals surface area contributed by atoms with Crippen LogP contribution in [0.2, 0.25) is 0 Å². The molecule has 1 fully saturated rings. The zero-order valence-corrected chi connectivity index (χ0v) is 11.8. The molecule has 1 saturated carbocycles. The molecule has 0 atom stereocenters. The van der Waals surface area contributed by atoms with E-state index in [4.69, 9.17) is 10.9 Å². The van der Waals surface area contributed by atoms with Crippen LogP contribution in [0.15, 0.2) is 5.16 Å². The van der Waals surface area contributed by atoms with Crippen molar-refractivity contribution in [2.75, 3.05) is 6.54 Å². The normalized spacial score (nSPS) is 19.5. The molecule has 0 bridgehead atoms. The van der Waals surface area contributed by atoms with Crippen molar-refractivity contribution in [3.05, 3.63) is 0 Å². The summed E-state index contributed by atoms with van der Waals surface area (Å²) in [6, 6.07) is 0. The molecular weight excluding hydrogens is 230 g/mol. The first-order valence-electron chi connectivity index (χ1n) is 6.52. The van der Waals surface area contributed by atoms with Gasteiger partial charge in [0.1, 0.15) is 5.41 Å². The molecule has 0 radical (unpaired) electrons. The van der Waals surface area contributed by atoms with Crippen molar-refractivity contribution < 1.29 is 10.0 Å². The lowest BCUT2D eigenvalue weighted by atomic mass is 9.67. The number of amides is 1. The number of hydrogen-bond acceptors (Lipinski definition) is 3. The minimum Gasteiger partial charge on any atom is -0.409 e. The van der Waals surface area contributed by atoms with Gasteiger partial charge >= 0.3 is 0 Å². The van der Waals surface area contributed by atoms with Gasteiger partial charge in [-0.05, 0) is 24.2 Å². The summed E-state index contributed by atoms with van der Waals surface area (Å²) in [5.41, 5.74) is 4.91. The van der Waals surface area contributed by atoms with Gasteiger partial charge < -0.3 is 16.3 Å². The van der Waals surface area contributed by atoms with Gasteiger partial charge in [-0.15, -0.1) is 0 Å². The molecule has 1 rings (SSSR count).